The molecule has 1 aliphatic rings. The highest BCUT2D eigenvalue weighted by Crippen LogP contribution is 2.42. The van der Waals surface area contributed by atoms with Crippen LogP contribution in [0.15, 0.2) is 119 Å². The Hall–Kier alpha value is -5.77. The number of pyridine rings is 1. The Kier molecular flexibility index (Phi) is 32.8. The van der Waals surface area contributed by atoms with E-state index in [1.807, 2.05) is 126 Å². The lowest BCUT2D eigenvalue weighted by Gasteiger charge is -2.33. The quantitative estimate of drug-likeness (QED) is 0.0254. The number of nitrogens with one attached hydrogen (secondary N) is 2. The van der Waals surface area contributed by atoms with Gasteiger partial charge in [-0.3, -0.25) is 14.6 Å². The van der Waals surface area contributed by atoms with Crippen LogP contribution in [-0.2, 0) is 77.3 Å². The molecule has 0 fully saturated rings. The van der Waals surface area contributed by atoms with E-state index in [1.54, 1.807) is 6.08 Å². The zero-order valence-electron chi connectivity index (χ0n) is 50.5. The number of carbonyl (C=O) groups is 2. The van der Waals surface area contributed by atoms with Crippen molar-refractivity contribution in [1.82, 2.24) is 19.7 Å². The number of hydroxylamine groups is 2. The van der Waals surface area contributed by atoms with Crippen molar-refractivity contribution in [3.8, 4) is 0 Å². The van der Waals surface area contributed by atoms with Crippen LogP contribution in [0, 0.1) is 0 Å². The fourth-order valence-corrected chi connectivity index (χ4v) is 9.49. The highest BCUT2D eigenvalue weighted by Gasteiger charge is 2.38. The van der Waals surface area contributed by atoms with Crippen molar-refractivity contribution in [1.29, 1.82) is 0 Å². The number of hydrogen-bond acceptors (Lipinski definition) is 18. The first kappa shape index (κ1) is 70.0. The molecule has 5 rings (SSSR count). The normalized spacial score (nSPS) is 13.3. The average Bonchev–Trinajstić information content (AvgIpc) is 1.85. The van der Waals surface area contributed by atoms with E-state index in [1.165, 1.54) is 28.7 Å². The molecule has 0 saturated heterocycles. The van der Waals surface area contributed by atoms with Gasteiger partial charge in [0.15, 0.2) is 5.03 Å². The van der Waals surface area contributed by atoms with Crippen LogP contribution >= 0.6 is 0 Å². The first-order valence-corrected chi connectivity index (χ1v) is 30.6. The summed E-state index contributed by atoms with van der Waals surface area (Å²) in [5.41, 5.74) is 2.40. The molecule has 0 saturated carbocycles. The molecule has 470 valence electrons. The molecule has 0 spiro atoms. The second kappa shape index (κ2) is 39.8. The summed E-state index contributed by atoms with van der Waals surface area (Å²) in [4.78, 5) is 41.8. The Bertz CT molecular complexity index is 2570. The molecule has 0 radical (unpaired) electrons. The summed E-state index contributed by atoms with van der Waals surface area (Å²) < 4.78 is 90.0. The molecule has 1 aliphatic heterocycles. The molecule has 4 aromatic rings. The number of fused-ring (bicyclic) bond motifs is 1. The maximum absolute atomic E-state index is 14.3. The number of likely N-dealkylation sites (N-methyl/N-ethyl adjacent to an activating group) is 1. The maximum Gasteiger partial charge on any atom is 0.407 e. The van der Waals surface area contributed by atoms with Gasteiger partial charge in [-0.15, -0.1) is 0 Å². The van der Waals surface area contributed by atoms with E-state index in [4.69, 9.17) is 61.9 Å². The Labute approximate surface area is 502 Å². The molecule has 2 heterocycles. The van der Waals surface area contributed by atoms with Crippen LogP contribution in [0.3, 0.4) is 0 Å². The number of alkyl carbamates (subject to hydrolysis) is 1. The van der Waals surface area contributed by atoms with Crippen molar-refractivity contribution < 1.29 is 74.9 Å². The fourth-order valence-electron chi connectivity index (χ4n) is 8.41. The van der Waals surface area contributed by atoms with Crippen molar-refractivity contribution in [2.45, 2.75) is 63.6 Å². The summed E-state index contributed by atoms with van der Waals surface area (Å²) in [6.07, 6.45) is 3.48. The lowest BCUT2D eigenvalue weighted by molar-refractivity contribution is -0.180. The average molecular weight is 1210 g/mol. The number of benzene rings is 3. The Morgan fingerprint density at radius 1 is 0.600 bits per heavy atom. The van der Waals surface area contributed by atoms with Gasteiger partial charge in [0.25, 0.3) is 15.9 Å². The largest absolute Gasteiger partial charge is 0.444 e. The van der Waals surface area contributed by atoms with Crippen molar-refractivity contribution >= 4 is 39.6 Å². The van der Waals surface area contributed by atoms with E-state index in [9.17, 15) is 18.0 Å². The topological polar surface area (TPSA) is 235 Å². The van der Waals surface area contributed by atoms with Gasteiger partial charge >= 0.3 is 6.09 Å². The smallest absolute Gasteiger partial charge is 0.407 e. The summed E-state index contributed by atoms with van der Waals surface area (Å²) >= 11 is 0. The summed E-state index contributed by atoms with van der Waals surface area (Å²) in [6, 6.07) is 31.4. The van der Waals surface area contributed by atoms with Crippen LogP contribution < -0.4 is 10.6 Å². The maximum atomic E-state index is 14.3. The minimum absolute atomic E-state index is 0.0624. The van der Waals surface area contributed by atoms with Crippen LogP contribution in [0.25, 0.3) is 6.08 Å². The van der Waals surface area contributed by atoms with Gasteiger partial charge in [0.2, 0.25) is 0 Å². The van der Waals surface area contributed by atoms with Gasteiger partial charge in [0.05, 0.1) is 144 Å². The Morgan fingerprint density at radius 3 is 1.41 bits per heavy atom. The first-order chi connectivity index (χ1) is 41.3. The lowest BCUT2D eigenvalue weighted by Crippen LogP contribution is -2.34. The lowest BCUT2D eigenvalue weighted by atomic mass is 9.77. The van der Waals surface area contributed by atoms with Crippen LogP contribution in [-0.4, -0.2) is 212 Å². The first-order valence-electron chi connectivity index (χ1n) is 29.2. The van der Waals surface area contributed by atoms with E-state index in [2.05, 4.69) is 15.6 Å². The summed E-state index contributed by atoms with van der Waals surface area (Å²) in [7, 11) is -2.62. The minimum Gasteiger partial charge on any atom is -0.444 e. The van der Waals surface area contributed by atoms with E-state index in [-0.39, 0.29) is 37.1 Å². The van der Waals surface area contributed by atoms with Crippen LogP contribution in [0.2, 0.25) is 0 Å². The van der Waals surface area contributed by atoms with Gasteiger partial charge < -0.3 is 62.7 Å². The highest BCUT2D eigenvalue weighted by atomic mass is 32.2. The molecule has 23 heteroatoms. The summed E-state index contributed by atoms with van der Waals surface area (Å²) in [5.74, 6) is 0.107. The number of sulfonamides is 1. The third-order valence-electron chi connectivity index (χ3n) is 12.5. The predicted molar refractivity (Wildman–Crippen MR) is 323 cm³/mol. The number of carbonyl (C=O) groups excluding carboxylic acids is 2. The number of rotatable bonds is 44. The minimum atomic E-state index is -4.10. The zero-order valence-corrected chi connectivity index (χ0v) is 51.3. The second-order valence-corrected chi connectivity index (χ2v) is 22.1. The van der Waals surface area contributed by atoms with Crippen molar-refractivity contribution in [3.05, 3.63) is 131 Å². The molecule has 1 aromatic heterocycles. The van der Waals surface area contributed by atoms with Crippen LogP contribution in [0.5, 0.6) is 0 Å². The molecule has 22 nitrogen and oxygen atoms in total. The third kappa shape index (κ3) is 25.6. The molecular weight excluding hydrogens is 1120 g/mol. The van der Waals surface area contributed by atoms with Crippen molar-refractivity contribution in [3.63, 3.8) is 0 Å². The number of nitrogens with zero attached hydrogens (tertiary/aromatic N) is 4. The Balaban J connectivity index is 0.939. The molecule has 85 heavy (non-hydrogen) atoms. The molecule has 0 bridgehead atoms. The molecular formula is C62H90N6O16S. The van der Waals surface area contributed by atoms with Crippen molar-refractivity contribution in [2.75, 3.05) is 171 Å². The van der Waals surface area contributed by atoms with Crippen LogP contribution in [0.4, 0.5) is 10.5 Å². The number of hydrogen-bond donors (Lipinski definition) is 2. The van der Waals surface area contributed by atoms with Gasteiger partial charge in [-0.05, 0) is 56.9 Å². The van der Waals surface area contributed by atoms with E-state index in [0.717, 1.165) is 16.7 Å². The summed E-state index contributed by atoms with van der Waals surface area (Å²) in [5, 5.41) is 7.29. The number of anilines is 1. The molecule has 2 N–H and O–H groups in total. The van der Waals surface area contributed by atoms with Gasteiger partial charge in [-0.25, -0.2) is 23.3 Å². The fraction of sp³-hybridized carbons (Fsp3) is 0.548. The second-order valence-electron chi connectivity index (χ2n) is 20.2. The van der Waals surface area contributed by atoms with Gasteiger partial charge in [0, 0.05) is 56.5 Å². The van der Waals surface area contributed by atoms with Gasteiger partial charge in [0.1, 0.15) is 17.0 Å². The standard InChI is InChI=1S/C62H90N6O16S/c1-7-25-68(83-8-2)59(69)51-47-52-50-64-58(49-56(52)65-57(48-51)66-62(53-18-12-9-13-19-53,54-20-14-10-15-21-54)55-22-16-11-17-23-55)85(71,72)67(6)26-28-74-30-32-76-34-36-78-38-40-80-42-44-82-46-45-81-43-41-79-39-37-77-35-33-75-31-29-73-27-24-63-60(70)84-61(3,4)5/h9-23,47,49-50H,7-8,24-46,48H2,1-6H3,(H,63,70)(H,65,66). The van der Waals surface area contributed by atoms with E-state index < -0.39 is 27.3 Å². The summed E-state index contributed by atoms with van der Waals surface area (Å²) in [6.45, 7) is 18.3. The third-order valence-corrected chi connectivity index (χ3v) is 14.2. The molecule has 3 aromatic carbocycles. The highest BCUT2D eigenvalue weighted by molar-refractivity contribution is 7.89. The van der Waals surface area contributed by atoms with Crippen molar-refractivity contribution in [2.24, 2.45) is 4.99 Å². The number of amides is 2. The van der Waals surface area contributed by atoms with Crippen LogP contribution in [0.1, 0.15) is 69.7 Å². The van der Waals surface area contributed by atoms with Gasteiger partial charge in [-0.1, -0.05) is 97.9 Å². The van der Waals surface area contributed by atoms with Gasteiger partial charge in [-0.2, -0.15) is 4.31 Å². The molecule has 0 atom stereocenters. The van der Waals surface area contributed by atoms with E-state index in [0.29, 0.717) is 168 Å². The number of amidine groups is 1. The monoisotopic (exact) mass is 1210 g/mol. The molecule has 0 unspecified atom stereocenters. The predicted octanol–water partition coefficient (Wildman–Crippen LogP) is 7.17. The number of ether oxygens (including phenoxy) is 11. The SMILES string of the molecule is CCCN(OCC)C(=O)C1=Cc2cnc(S(=O)(=O)N(C)CCOCCOCCOCCOCCOCCOCCOCCOCCOCCOCCNC(=O)OC(C)(C)C)cc2NC(=NC(c2ccccc2)(c2ccccc2)c2ccccc2)C1. The number of aliphatic imine (C=N–C) groups is 1. The number of aromatic nitrogens is 1. The zero-order chi connectivity index (χ0) is 60.9. The molecule has 2 amide bonds. The Morgan fingerprint density at radius 2 is 1.01 bits per heavy atom. The molecule has 0 aliphatic carbocycles. The van der Waals surface area contributed by atoms with E-state index >= 15 is 0 Å².